The molecule has 0 amide bonds. The van der Waals surface area contributed by atoms with Crippen molar-refractivity contribution in [3.63, 3.8) is 0 Å². The summed E-state index contributed by atoms with van der Waals surface area (Å²) < 4.78 is 0. The fourth-order valence-electron chi connectivity index (χ4n) is 1.79. The van der Waals surface area contributed by atoms with E-state index in [4.69, 9.17) is 5.73 Å². The second kappa shape index (κ2) is 4.24. The highest BCUT2D eigenvalue weighted by molar-refractivity contribution is 7.99. The summed E-state index contributed by atoms with van der Waals surface area (Å²) in [5, 5.41) is 3.10. The molecule has 0 atom stereocenters. The normalized spacial score (nSPS) is 15.1. The molecule has 1 aliphatic heterocycles. The molecule has 0 radical (unpaired) electrons. The number of nitrogens with two attached hydrogens (primary N) is 1. The van der Waals surface area contributed by atoms with Crippen molar-refractivity contribution in [2.45, 2.75) is 17.9 Å². The van der Waals surface area contributed by atoms with Crippen LogP contribution in [0.1, 0.15) is 22.3 Å². The maximum atomic E-state index is 11.7. The Morgan fingerprint density at radius 3 is 3.07 bits per heavy atom. The lowest BCUT2D eigenvalue weighted by Gasteiger charge is -2.19. The van der Waals surface area contributed by atoms with Crippen molar-refractivity contribution < 1.29 is 4.79 Å². The summed E-state index contributed by atoms with van der Waals surface area (Å²) in [5.74, 6) is 1.05. The molecular formula is C11H14N2OS. The van der Waals surface area contributed by atoms with Crippen LogP contribution >= 0.6 is 11.8 Å². The first kappa shape index (κ1) is 10.5. The molecule has 1 aromatic carbocycles. The Bertz CT molecular complexity index is 404. The monoisotopic (exact) mass is 222 g/mol. The van der Waals surface area contributed by atoms with E-state index in [1.807, 2.05) is 19.2 Å². The fraction of sp³-hybridized carbons (Fsp3) is 0.364. The molecule has 0 fully saturated rings. The number of fused-ring (bicyclic) bond motifs is 1. The molecule has 0 aliphatic carbocycles. The van der Waals surface area contributed by atoms with Gasteiger partial charge in [-0.25, -0.2) is 0 Å². The van der Waals surface area contributed by atoms with Crippen molar-refractivity contribution in [3.8, 4) is 0 Å². The zero-order valence-corrected chi connectivity index (χ0v) is 9.49. The van der Waals surface area contributed by atoms with Crippen molar-refractivity contribution >= 4 is 23.2 Å². The van der Waals surface area contributed by atoms with Gasteiger partial charge in [0.1, 0.15) is 0 Å². The first-order valence-electron chi connectivity index (χ1n) is 4.96. The third-order valence-corrected chi connectivity index (χ3v) is 3.66. The first-order chi connectivity index (χ1) is 7.24. The number of hydrogen-bond acceptors (Lipinski definition) is 4. The highest BCUT2D eigenvalue weighted by Gasteiger charge is 2.22. The zero-order chi connectivity index (χ0) is 10.8. The van der Waals surface area contributed by atoms with Gasteiger partial charge in [-0.15, -0.1) is 11.8 Å². The van der Waals surface area contributed by atoms with Gasteiger partial charge in [-0.2, -0.15) is 0 Å². The van der Waals surface area contributed by atoms with E-state index in [1.165, 1.54) is 5.56 Å². The molecule has 1 heterocycles. The number of anilines is 1. The number of carbonyl (C=O) groups excluding carboxylic acids is 1. The third kappa shape index (κ3) is 1.87. The van der Waals surface area contributed by atoms with Crippen LogP contribution in [-0.4, -0.2) is 18.6 Å². The molecule has 4 heteroatoms. The summed E-state index contributed by atoms with van der Waals surface area (Å²) in [5.41, 5.74) is 8.36. The van der Waals surface area contributed by atoms with Crippen LogP contribution in [0.25, 0.3) is 0 Å². The van der Waals surface area contributed by atoms with Gasteiger partial charge in [0.25, 0.3) is 0 Å². The van der Waals surface area contributed by atoms with E-state index in [0.717, 1.165) is 22.8 Å². The summed E-state index contributed by atoms with van der Waals surface area (Å²) in [6.07, 6.45) is 0.602. The van der Waals surface area contributed by atoms with E-state index in [0.29, 0.717) is 12.1 Å². The maximum absolute atomic E-state index is 11.7. The number of Topliss-reactive ketones (excluding diaryl/α,β-unsaturated/α-hetero) is 1. The molecule has 0 bridgehead atoms. The molecule has 0 saturated carbocycles. The molecule has 0 spiro atoms. The van der Waals surface area contributed by atoms with Crippen molar-refractivity contribution in [1.82, 2.24) is 5.32 Å². The Kier molecular flexibility index (Phi) is 2.98. The number of ketones is 1. The van der Waals surface area contributed by atoms with E-state index in [2.05, 4.69) is 5.32 Å². The molecule has 1 aliphatic rings. The quantitative estimate of drug-likeness (QED) is 0.747. The van der Waals surface area contributed by atoms with Gasteiger partial charge >= 0.3 is 0 Å². The van der Waals surface area contributed by atoms with Crippen LogP contribution in [0.4, 0.5) is 5.69 Å². The highest BCUT2D eigenvalue weighted by atomic mass is 32.2. The van der Waals surface area contributed by atoms with Gasteiger partial charge in [-0.3, -0.25) is 4.79 Å². The molecule has 0 aromatic heterocycles. The minimum absolute atomic E-state index is 0.180. The summed E-state index contributed by atoms with van der Waals surface area (Å²) in [7, 11) is 1.90. The standard InChI is InChI=1S/C11H14N2OS/c1-13-6-7-2-3-8(12)10-9(14)4-5-15-11(7)10/h2-3,13H,4-6,12H2,1H3. The highest BCUT2D eigenvalue weighted by Crippen LogP contribution is 2.36. The fourth-order valence-corrected chi connectivity index (χ4v) is 2.99. The van der Waals surface area contributed by atoms with Crippen LogP contribution in [0.5, 0.6) is 0 Å². The van der Waals surface area contributed by atoms with Gasteiger partial charge in [0.05, 0.1) is 5.56 Å². The number of thioether (sulfide) groups is 1. The van der Waals surface area contributed by atoms with Crippen molar-refractivity contribution in [3.05, 3.63) is 23.3 Å². The van der Waals surface area contributed by atoms with E-state index in [9.17, 15) is 4.79 Å². The third-order valence-electron chi connectivity index (χ3n) is 2.49. The topological polar surface area (TPSA) is 55.1 Å². The van der Waals surface area contributed by atoms with Gasteiger partial charge in [0, 0.05) is 29.3 Å². The summed E-state index contributed by atoms with van der Waals surface area (Å²) in [6.45, 7) is 0.781. The van der Waals surface area contributed by atoms with E-state index < -0.39 is 0 Å². The molecule has 0 unspecified atom stereocenters. The van der Waals surface area contributed by atoms with Gasteiger partial charge in [-0.05, 0) is 18.7 Å². The average molecular weight is 222 g/mol. The Labute approximate surface area is 93.4 Å². The summed E-state index contributed by atoms with van der Waals surface area (Å²) in [4.78, 5) is 12.8. The molecule has 80 valence electrons. The summed E-state index contributed by atoms with van der Waals surface area (Å²) in [6, 6.07) is 3.82. The minimum atomic E-state index is 0.180. The lowest BCUT2D eigenvalue weighted by atomic mass is 10.0. The predicted octanol–water partition coefficient (Wildman–Crippen LogP) is 1.67. The Hall–Kier alpha value is -1.00. The average Bonchev–Trinajstić information content (AvgIpc) is 2.22. The largest absolute Gasteiger partial charge is 0.398 e. The molecular weight excluding hydrogens is 208 g/mol. The molecule has 2 rings (SSSR count). The Balaban J connectivity index is 2.53. The Morgan fingerprint density at radius 1 is 1.53 bits per heavy atom. The van der Waals surface area contributed by atoms with Crippen LogP contribution in [0.3, 0.4) is 0 Å². The Morgan fingerprint density at radius 2 is 2.33 bits per heavy atom. The van der Waals surface area contributed by atoms with E-state index in [-0.39, 0.29) is 5.78 Å². The number of carbonyl (C=O) groups is 1. The SMILES string of the molecule is CNCc1ccc(N)c2c1SCCC2=O. The lowest BCUT2D eigenvalue weighted by molar-refractivity contribution is 0.0985. The zero-order valence-electron chi connectivity index (χ0n) is 8.67. The van der Waals surface area contributed by atoms with Gasteiger partial charge < -0.3 is 11.1 Å². The van der Waals surface area contributed by atoms with Crippen LogP contribution in [0.2, 0.25) is 0 Å². The number of nitrogen functional groups attached to an aromatic ring is 1. The van der Waals surface area contributed by atoms with Gasteiger partial charge in [-0.1, -0.05) is 6.07 Å². The number of hydrogen-bond donors (Lipinski definition) is 2. The van der Waals surface area contributed by atoms with E-state index >= 15 is 0 Å². The van der Waals surface area contributed by atoms with Gasteiger partial charge in [0.2, 0.25) is 0 Å². The van der Waals surface area contributed by atoms with Crippen molar-refractivity contribution in [1.29, 1.82) is 0 Å². The number of nitrogens with one attached hydrogen (secondary N) is 1. The van der Waals surface area contributed by atoms with Crippen LogP contribution in [0, 0.1) is 0 Å². The molecule has 0 saturated heterocycles. The molecule has 3 N–H and O–H groups in total. The molecule has 15 heavy (non-hydrogen) atoms. The second-order valence-electron chi connectivity index (χ2n) is 3.57. The lowest BCUT2D eigenvalue weighted by Crippen LogP contribution is -2.15. The first-order valence-corrected chi connectivity index (χ1v) is 5.94. The molecule has 1 aromatic rings. The number of rotatable bonds is 2. The van der Waals surface area contributed by atoms with Crippen molar-refractivity contribution in [2.24, 2.45) is 0 Å². The predicted molar refractivity (Wildman–Crippen MR) is 63.3 cm³/mol. The summed E-state index contributed by atoms with van der Waals surface area (Å²) >= 11 is 1.73. The number of benzene rings is 1. The smallest absolute Gasteiger partial charge is 0.166 e. The van der Waals surface area contributed by atoms with Crippen LogP contribution in [-0.2, 0) is 6.54 Å². The van der Waals surface area contributed by atoms with Crippen LogP contribution < -0.4 is 11.1 Å². The minimum Gasteiger partial charge on any atom is -0.398 e. The maximum Gasteiger partial charge on any atom is 0.166 e. The second-order valence-corrected chi connectivity index (χ2v) is 4.68. The van der Waals surface area contributed by atoms with Crippen molar-refractivity contribution in [2.75, 3.05) is 18.5 Å². The van der Waals surface area contributed by atoms with Crippen LogP contribution in [0.15, 0.2) is 17.0 Å². The molecule has 3 nitrogen and oxygen atoms in total. The van der Waals surface area contributed by atoms with E-state index in [1.54, 1.807) is 11.8 Å². The van der Waals surface area contributed by atoms with Gasteiger partial charge in [0.15, 0.2) is 5.78 Å².